The van der Waals surface area contributed by atoms with E-state index in [0.717, 1.165) is 11.6 Å². The summed E-state index contributed by atoms with van der Waals surface area (Å²) in [6, 6.07) is 2.71. The van der Waals surface area contributed by atoms with Crippen LogP contribution in [0.15, 0.2) is 23.1 Å². The third kappa shape index (κ3) is 1.55. The van der Waals surface area contributed by atoms with Gasteiger partial charge in [-0.15, -0.1) is 0 Å². The van der Waals surface area contributed by atoms with E-state index in [1.807, 2.05) is 0 Å². The Balaban J connectivity index is 2.35. The number of aromatic nitrogens is 2. The van der Waals surface area contributed by atoms with Crippen LogP contribution in [-0.2, 0) is 0 Å². The van der Waals surface area contributed by atoms with Gasteiger partial charge in [-0.25, -0.2) is 0 Å². The molecular formula is C14H8N2O4. The molecule has 0 radical (unpaired) electrons. The van der Waals surface area contributed by atoms with Crippen molar-refractivity contribution in [1.29, 1.82) is 0 Å². The standard InChI is InChI=1S/C14H8N2O4/c1-6-2-8-10(15-4-6)13(19)11-9(12(8)18)3-7(5-17)14(20)16-11/h2-5H,1H3,(H,16,20). The summed E-state index contributed by atoms with van der Waals surface area (Å²) >= 11 is 0. The first-order valence-electron chi connectivity index (χ1n) is 5.81. The Morgan fingerprint density at radius 3 is 2.55 bits per heavy atom. The van der Waals surface area contributed by atoms with Crippen LogP contribution in [0.4, 0.5) is 0 Å². The fraction of sp³-hybridized carbons (Fsp3) is 0.0714. The Morgan fingerprint density at radius 2 is 1.85 bits per heavy atom. The highest BCUT2D eigenvalue weighted by molar-refractivity contribution is 6.27. The lowest BCUT2D eigenvalue weighted by Crippen LogP contribution is -2.28. The molecule has 20 heavy (non-hydrogen) atoms. The number of aryl methyl sites for hydroxylation is 1. The van der Waals surface area contributed by atoms with Crippen molar-refractivity contribution >= 4 is 17.9 Å². The van der Waals surface area contributed by atoms with Crippen LogP contribution in [0.3, 0.4) is 0 Å². The maximum atomic E-state index is 12.4. The van der Waals surface area contributed by atoms with Crippen LogP contribution in [0.2, 0.25) is 0 Å². The lowest BCUT2D eigenvalue weighted by atomic mass is 9.89. The predicted molar refractivity (Wildman–Crippen MR) is 68.3 cm³/mol. The molecule has 6 nitrogen and oxygen atoms in total. The van der Waals surface area contributed by atoms with Crippen molar-refractivity contribution in [3.05, 3.63) is 62.3 Å². The number of H-pyrrole nitrogens is 1. The molecule has 0 aliphatic heterocycles. The lowest BCUT2D eigenvalue weighted by molar-refractivity contribution is 0.0970. The molecule has 0 amide bonds. The average Bonchev–Trinajstić information content (AvgIpc) is 2.44. The molecule has 0 fully saturated rings. The van der Waals surface area contributed by atoms with E-state index in [-0.39, 0.29) is 28.1 Å². The van der Waals surface area contributed by atoms with E-state index in [1.165, 1.54) is 6.20 Å². The number of nitrogens with one attached hydrogen (secondary N) is 1. The molecule has 2 aromatic heterocycles. The van der Waals surface area contributed by atoms with Crippen molar-refractivity contribution in [2.24, 2.45) is 0 Å². The smallest absolute Gasteiger partial charge is 0.259 e. The number of carbonyl (C=O) groups excluding carboxylic acids is 3. The molecular weight excluding hydrogens is 260 g/mol. The molecule has 1 aliphatic rings. The van der Waals surface area contributed by atoms with Crippen LogP contribution in [0, 0.1) is 6.92 Å². The molecule has 0 unspecified atom stereocenters. The van der Waals surface area contributed by atoms with E-state index >= 15 is 0 Å². The molecule has 1 aliphatic carbocycles. The van der Waals surface area contributed by atoms with Gasteiger partial charge in [0.2, 0.25) is 5.78 Å². The fourth-order valence-corrected chi connectivity index (χ4v) is 2.18. The monoisotopic (exact) mass is 268 g/mol. The topological polar surface area (TPSA) is 97.0 Å². The summed E-state index contributed by atoms with van der Waals surface area (Å²) < 4.78 is 0. The van der Waals surface area contributed by atoms with E-state index in [9.17, 15) is 19.2 Å². The van der Waals surface area contributed by atoms with E-state index in [4.69, 9.17) is 0 Å². The number of rotatable bonds is 1. The second-order valence-corrected chi connectivity index (χ2v) is 4.53. The van der Waals surface area contributed by atoms with Gasteiger partial charge in [0.15, 0.2) is 12.1 Å². The number of aromatic amines is 1. The van der Waals surface area contributed by atoms with Crippen LogP contribution in [0.25, 0.3) is 0 Å². The van der Waals surface area contributed by atoms with Crippen molar-refractivity contribution in [3.8, 4) is 0 Å². The van der Waals surface area contributed by atoms with Gasteiger partial charge < -0.3 is 4.98 Å². The molecule has 0 saturated carbocycles. The minimum atomic E-state index is -0.699. The molecule has 0 saturated heterocycles. The minimum Gasteiger partial charge on any atom is -0.318 e. The van der Waals surface area contributed by atoms with Gasteiger partial charge in [-0.1, -0.05) is 0 Å². The van der Waals surface area contributed by atoms with Gasteiger partial charge in [0, 0.05) is 6.20 Å². The summed E-state index contributed by atoms with van der Waals surface area (Å²) in [7, 11) is 0. The molecule has 98 valence electrons. The highest BCUT2D eigenvalue weighted by atomic mass is 16.2. The Kier molecular flexibility index (Phi) is 2.47. The fourth-order valence-electron chi connectivity index (χ4n) is 2.18. The van der Waals surface area contributed by atoms with Crippen molar-refractivity contribution in [2.45, 2.75) is 6.92 Å². The van der Waals surface area contributed by atoms with E-state index < -0.39 is 17.1 Å². The highest BCUT2D eigenvalue weighted by Gasteiger charge is 2.32. The van der Waals surface area contributed by atoms with Gasteiger partial charge in [-0.2, -0.15) is 0 Å². The Hall–Kier alpha value is -2.89. The molecule has 3 rings (SSSR count). The number of hydrogen-bond acceptors (Lipinski definition) is 5. The SMILES string of the molecule is Cc1cnc2c(c1)C(=O)c1cc(C=O)c(=O)[nH]c1C2=O. The molecule has 6 heteroatoms. The third-order valence-corrected chi connectivity index (χ3v) is 3.15. The predicted octanol–water partition coefficient (Wildman–Crippen LogP) is 0.666. The first-order valence-corrected chi connectivity index (χ1v) is 5.81. The second kappa shape index (κ2) is 4.06. The number of aldehydes is 1. The Bertz CT molecular complexity index is 849. The molecule has 0 bridgehead atoms. The van der Waals surface area contributed by atoms with Crippen LogP contribution in [0.5, 0.6) is 0 Å². The zero-order valence-corrected chi connectivity index (χ0v) is 10.4. The van der Waals surface area contributed by atoms with Crippen LogP contribution in [-0.4, -0.2) is 27.8 Å². The van der Waals surface area contributed by atoms with Gasteiger partial charge in [-0.3, -0.25) is 24.2 Å². The normalized spacial score (nSPS) is 12.8. The molecule has 0 aromatic carbocycles. The summed E-state index contributed by atoms with van der Waals surface area (Å²) in [6.07, 6.45) is 1.83. The first kappa shape index (κ1) is 12.2. The summed E-state index contributed by atoms with van der Waals surface area (Å²) in [4.78, 5) is 53.2. The van der Waals surface area contributed by atoms with Crippen molar-refractivity contribution < 1.29 is 14.4 Å². The maximum Gasteiger partial charge on any atom is 0.259 e. The summed E-state index contributed by atoms with van der Waals surface area (Å²) in [5.74, 6) is -0.950. The molecule has 0 spiro atoms. The number of ketones is 2. The van der Waals surface area contributed by atoms with Gasteiger partial charge in [0.05, 0.1) is 16.7 Å². The Labute approximate surface area is 112 Å². The van der Waals surface area contributed by atoms with Crippen LogP contribution in [0.1, 0.15) is 48.0 Å². The van der Waals surface area contributed by atoms with Gasteiger partial charge >= 0.3 is 0 Å². The number of pyridine rings is 2. The van der Waals surface area contributed by atoms with Gasteiger partial charge in [-0.05, 0) is 24.6 Å². The molecule has 0 atom stereocenters. The average molecular weight is 268 g/mol. The summed E-state index contributed by atoms with van der Waals surface area (Å²) in [6.45, 7) is 1.75. The molecule has 1 N–H and O–H groups in total. The van der Waals surface area contributed by atoms with Crippen LogP contribution >= 0.6 is 0 Å². The Morgan fingerprint density at radius 1 is 1.10 bits per heavy atom. The van der Waals surface area contributed by atoms with E-state index in [0.29, 0.717) is 6.29 Å². The molecule has 2 aromatic rings. The number of carbonyl (C=O) groups is 3. The minimum absolute atomic E-state index is 0.0163. The van der Waals surface area contributed by atoms with E-state index in [2.05, 4.69) is 9.97 Å². The first-order chi connectivity index (χ1) is 9.52. The van der Waals surface area contributed by atoms with Crippen molar-refractivity contribution in [2.75, 3.05) is 0 Å². The number of nitrogens with zero attached hydrogens (tertiary/aromatic N) is 1. The van der Waals surface area contributed by atoms with Gasteiger partial charge in [0.25, 0.3) is 5.56 Å². The van der Waals surface area contributed by atoms with E-state index in [1.54, 1.807) is 13.0 Å². The summed E-state index contributed by atoms with van der Waals surface area (Å²) in [5.41, 5.74) is -0.0298. The van der Waals surface area contributed by atoms with Crippen molar-refractivity contribution in [1.82, 2.24) is 9.97 Å². The quantitative estimate of drug-likeness (QED) is 0.654. The number of hydrogen-bond donors (Lipinski definition) is 1. The summed E-state index contributed by atoms with van der Waals surface area (Å²) in [5, 5.41) is 0. The largest absolute Gasteiger partial charge is 0.318 e. The number of fused-ring (bicyclic) bond motifs is 2. The highest BCUT2D eigenvalue weighted by Crippen LogP contribution is 2.24. The van der Waals surface area contributed by atoms with Crippen molar-refractivity contribution in [3.63, 3.8) is 0 Å². The van der Waals surface area contributed by atoms with Crippen LogP contribution < -0.4 is 5.56 Å². The zero-order chi connectivity index (χ0) is 14.4. The third-order valence-electron chi connectivity index (χ3n) is 3.15. The lowest BCUT2D eigenvalue weighted by Gasteiger charge is -2.16. The molecule has 2 heterocycles. The zero-order valence-electron chi connectivity index (χ0n) is 10.4. The van der Waals surface area contributed by atoms with Gasteiger partial charge in [0.1, 0.15) is 11.4 Å². The maximum absolute atomic E-state index is 12.4. The second-order valence-electron chi connectivity index (χ2n) is 4.53.